The first-order valence-corrected chi connectivity index (χ1v) is 4.43. The van der Waals surface area contributed by atoms with Gasteiger partial charge in [-0.25, -0.2) is 0 Å². The summed E-state index contributed by atoms with van der Waals surface area (Å²) in [6.07, 6.45) is 1.79. The maximum absolute atomic E-state index is 11.3. The summed E-state index contributed by atoms with van der Waals surface area (Å²) in [6.45, 7) is 4.46. The highest BCUT2D eigenvalue weighted by Gasteiger charge is 2.52. The normalized spacial score (nSPS) is 46.7. The number of rotatable bonds is 1. The fourth-order valence-electron chi connectivity index (χ4n) is 2.05. The van der Waals surface area contributed by atoms with Crippen LogP contribution in [-0.4, -0.2) is 23.8 Å². The second-order valence-electron chi connectivity index (χ2n) is 3.95. The molecule has 0 aliphatic carbocycles. The summed E-state index contributed by atoms with van der Waals surface area (Å²) >= 11 is 0. The Labute approximate surface area is 72.0 Å². The fraction of sp³-hybridized carbons (Fsp3) is 0.889. The molecule has 0 aromatic rings. The molecule has 3 nitrogen and oxygen atoms in total. The zero-order valence-corrected chi connectivity index (χ0v) is 7.55. The largest absolute Gasteiger partial charge is 0.347 e. The average Bonchev–Trinajstić information content (AvgIpc) is 2.23. The van der Waals surface area contributed by atoms with Gasteiger partial charge in [-0.1, -0.05) is 6.92 Å². The lowest BCUT2D eigenvalue weighted by Gasteiger charge is -2.33. The van der Waals surface area contributed by atoms with E-state index < -0.39 is 5.79 Å². The molecule has 0 amide bonds. The monoisotopic (exact) mass is 170 g/mol. The van der Waals surface area contributed by atoms with Gasteiger partial charge in [0.1, 0.15) is 11.4 Å². The third kappa shape index (κ3) is 1.08. The quantitative estimate of drug-likeness (QED) is 0.594. The van der Waals surface area contributed by atoms with Crippen LogP contribution < -0.4 is 0 Å². The van der Waals surface area contributed by atoms with Gasteiger partial charge in [-0.2, -0.15) is 0 Å². The van der Waals surface area contributed by atoms with E-state index in [2.05, 4.69) is 0 Å². The fourth-order valence-corrected chi connectivity index (χ4v) is 2.05. The van der Waals surface area contributed by atoms with Gasteiger partial charge in [0.2, 0.25) is 0 Å². The van der Waals surface area contributed by atoms with E-state index in [4.69, 9.17) is 9.47 Å². The molecule has 12 heavy (non-hydrogen) atoms. The van der Waals surface area contributed by atoms with E-state index in [1.807, 2.05) is 13.8 Å². The Morgan fingerprint density at radius 1 is 1.50 bits per heavy atom. The van der Waals surface area contributed by atoms with Crippen molar-refractivity contribution < 1.29 is 14.3 Å². The summed E-state index contributed by atoms with van der Waals surface area (Å²) < 4.78 is 11.2. The van der Waals surface area contributed by atoms with Gasteiger partial charge in [-0.05, 0) is 13.3 Å². The minimum atomic E-state index is -0.620. The summed E-state index contributed by atoms with van der Waals surface area (Å²) in [5, 5.41) is 0. The van der Waals surface area contributed by atoms with E-state index in [9.17, 15) is 4.79 Å². The van der Waals surface area contributed by atoms with Crippen LogP contribution in [0.5, 0.6) is 0 Å². The summed E-state index contributed by atoms with van der Waals surface area (Å²) in [5.74, 6) is -0.353. The van der Waals surface area contributed by atoms with Gasteiger partial charge in [0.05, 0.1) is 13.0 Å². The first kappa shape index (κ1) is 8.20. The molecule has 0 unspecified atom stereocenters. The van der Waals surface area contributed by atoms with E-state index in [-0.39, 0.29) is 11.4 Å². The van der Waals surface area contributed by atoms with E-state index in [0.29, 0.717) is 19.4 Å². The van der Waals surface area contributed by atoms with Crippen molar-refractivity contribution in [2.75, 3.05) is 6.61 Å². The minimum Gasteiger partial charge on any atom is -0.347 e. The van der Waals surface area contributed by atoms with Crippen LogP contribution in [0.25, 0.3) is 0 Å². The van der Waals surface area contributed by atoms with Gasteiger partial charge in [0.15, 0.2) is 5.79 Å². The Morgan fingerprint density at radius 2 is 2.25 bits per heavy atom. The number of hydrogen-bond acceptors (Lipinski definition) is 3. The van der Waals surface area contributed by atoms with Crippen LogP contribution in [0.4, 0.5) is 0 Å². The van der Waals surface area contributed by atoms with Gasteiger partial charge in [0.25, 0.3) is 0 Å². The zero-order chi connectivity index (χ0) is 8.82. The molecule has 2 aliphatic heterocycles. The minimum absolute atomic E-state index is 0.267. The van der Waals surface area contributed by atoms with Crippen LogP contribution in [0.1, 0.15) is 33.1 Å². The average molecular weight is 170 g/mol. The lowest BCUT2D eigenvalue weighted by Crippen LogP contribution is -2.43. The van der Waals surface area contributed by atoms with Crippen LogP contribution in [0.15, 0.2) is 0 Å². The van der Waals surface area contributed by atoms with Gasteiger partial charge in [0, 0.05) is 6.42 Å². The van der Waals surface area contributed by atoms with Gasteiger partial charge < -0.3 is 9.47 Å². The second-order valence-corrected chi connectivity index (χ2v) is 3.95. The van der Waals surface area contributed by atoms with E-state index in [1.54, 1.807) is 0 Å². The molecule has 2 rings (SSSR count). The van der Waals surface area contributed by atoms with E-state index in [0.717, 1.165) is 6.42 Å². The standard InChI is InChI=1S/C9H14O3/c1-3-9-5-7(10)4-8(2,12-9)11-6-9/h3-6H2,1-2H3/t8-,9+/m0/s1. The molecule has 2 saturated heterocycles. The molecule has 0 saturated carbocycles. The molecule has 2 fully saturated rings. The van der Waals surface area contributed by atoms with Gasteiger partial charge in [-0.3, -0.25) is 4.79 Å². The van der Waals surface area contributed by atoms with Gasteiger partial charge in [-0.15, -0.1) is 0 Å². The summed E-state index contributed by atoms with van der Waals surface area (Å²) in [4.78, 5) is 11.3. The Hall–Kier alpha value is -0.410. The highest BCUT2D eigenvalue weighted by Crippen LogP contribution is 2.42. The Bertz CT molecular complexity index is 226. The second kappa shape index (κ2) is 2.30. The molecular weight excluding hydrogens is 156 g/mol. The number of ether oxygens (including phenoxy) is 2. The maximum Gasteiger partial charge on any atom is 0.173 e. The Kier molecular flexibility index (Phi) is 1.57. The topological polar surface area (TPSA) is 35.5 Å². The van der Waals surface area contributed by atoms with Crippen molar-refractivity contribution in [1.29, 1.82) is 0 Å². The van der Waals surface area contributed by atoms with Crippen molar-refractivity contribution in [2.24, 2.45) is 0 Å². The molecule has 0 radical (unpaired) electrons. The molecule has 2 atom stereocenters. The molecular formula is C9H14O3. The third-order valence-electron chi connectivity index (χ3n) is 2.75. The van der Waals surface area contributed by atoms with Crippen molar-refractivity contribution in [3.05, 3.63) is 0 Å². The van der Waals surface area contributed by atoms with Crippen molar-refractivity contribution in [2.45, 2.75) is 44.5 Å². The molecule has 2 heterocycles. The van der Waals surface area contributed by atoms with Crippen LogP contribution in [-0.2, 0) is 14.3 Å². The summed E-state index contributed by atoms with van der Waals surface area (Å²) in [5.41, 5.74) is -0.302. The van der Waals surface area contributed by atoms with Crippen LogP contribution in [0, 0.1) is 0 Å². The lowest BCUT2D eigenvalue weighted by molar-refractivity contribution is -0.199. The molecule has 0 spiro atoms. The van der Waals surface area contributed by atoms with Crippen LogP contribution in [0.3, 0.4) is 0 Å². The Balaban J connectivity index is 2.26. The maximum atomic E-state index is 11.3. The number of hydrogen-bond donors (Lipinski definition) is 0. The predicted octanol–water partition coefficient (Wildman–Crippen LogP) is 1.26. The molecule has 2 aliphatic rings. The predicted molar refractivity (Wildman–Crippen MR) is 42.7 cm³/mol. The highest BCUT2D eigenvalue weighted by molar-refractivity contribution is 5.81. The number of ketones is 1. The molecule has 68 valence electrons. The van der Waals surface area contributed by atoms with Crippen LogP contribution >= 0.6 is 0 Å². The molecule has 0 N–H and O–H groups in total. The van der Waals surface area contributed by atoms with Gasteiger partial charge >= 0.3 is 0 Å². The summed E-state index contributed by atoms with van der Waals surface area (Å²) in [6, 6.07) is 0. The first-order valence-electron chi connectivity index (χ1n) is 4.43. The number of carbonyl (C=O) groups excluding carboxylic acids is 1. The zero-order valence-electron chi connectivity index (χ0n) is 7.55. The molecule has 0 aromatic heterocycles. The SMILES string of the molecule is CC[C@]12CO[C@](C)(CC(=O)C1)O2. The molecule has 3 heteroatoms. The van der Waals surface area contributed by atoms with E-state index in [1.165, 1.54) is 0 Å². The Morgan fingerprint density at radius 3 is 2.92 bits per heavy atom. The summed E-state index contributed by atoms with van der Waals surface area (Å²) in [7, 11) is 0. The molecule has 0 aromatic carbocycles. The first-order chi connectivity index (χ1) is 5.58. The van der Waals surface area contributed by atoms with Crippen LogP contribution in [0.2, 0.25) is 0 Å². The lowest BCUT2D eigenvalue weighted by atomic mass is 9.90. The van der Waals surface area contributed by atoms with Crippen molar-refractivity contribution in [3.8, 4) is 0 Å². The van der Waals surface area contributed by atoms with Crippen molar-refractivity contribution in [3.63, 3.8) is 0 Å². The van der Waals surface area contributed by atoms with Crippen molar-refractivity contribution in [1.82, 2.24) is 0 Å². The smallest absolute Gasteiger partial charge is 0.173 e. The van der Waals surface area contributed by atoms with Crippen molar-refractivity contribution >= 4 is 5.78 Å². The number of fused-ring (bicyclic) bond motifs is 2. The third-order valence-corrected chi connectivity index (χ3v) is 2.75. The molecule has 2 bridgehead atoms. The van der Waals surface area contributed by atoms with E-state index >= 15 is 0 Å². The highest BCUT2D eigenvalue weighted by atomic mass is 16.8. The number of carbonyl (C=O) groups is 1. The number of Topliss-reactive ketones (excluding diaryl/α,β-unsaturated/α-hetero) is 1.